The molecule has 0 radical (unpaired) electrons. The quantitative estimate of drug-likeness (QED) is 0.633. The van der Waals surface area contributed by atoms with Crippen LogP contribution in [0.3, 0.4) is 0 Å². The van der Waals surface area contributed by atoms with Crippen LogP contribution in [0, 0.1) is 0 Å². The Hall–Kier alpha value is -2.28. The lowest BCUT2D eigenvalue weighted by Gasteiger charge is -2.14. The van der Waals surface area contributed by atoms with Gasteiger partial charge < -0.3 is 4.98 Å². The molecule has 0 aliphatic rings. The smallest absolute Gasteiger partial charge is 0.0424 e. The zero-order chi connectivity index (χ0) is 13.9. The van der Waals surface area contributed by atoms with Gasteiger partial charge in [0.25, 0.3) is 0 Å². The summed E-state index contributed by atoms with van der Waals surface area (Å²) in [5, 5.41) is 2.58. The molecule has 100 valence electrons. The van der Waals surface area contributed by atoms with Gasteiger partial charge in [-0.15, -0.1) is 6.58 Å². The minimum atomic E-state index is 0.210. The van der Waals surface area contributed by atoms with Crippen LogP contribution in [-0.2, 0) is 6.42 Å². The van der Waals surface area contributed by atoms with Crippen LogP contribution in [0.4, 0.5) is 0 Å². The molecule has 3 aromatic rings. The van der Waals surface area contributed by atoms with Crippen molar-refractivity contribution in [3.63, 3.8) is 0 Å². The highest BCUT2D eigenvalue weighted by molar-refractivity contribution is 5.86. The lowest BCUT2D eigenvalue weighted by molar-refractivity contribution is 0.951. The number of hydrogen-bond acceptors (Lipinski definition) is 0. The second-order valence-corrected chi connectivity index (χ2v) is 5.07. The maximum atomic E-state index is 4.04. The lowest BCUT2D eigenvalue weighted by atomic mass is 9.91. The molecule has 1 nitrogen and oxygen atoms in total. The Kier molecular flexibility index (Phi) is 3.42. The van der Waals surface area contributed by atoms with Crippen molar-refractivity contribution in [2.24, 2.45) is 0 Å². The van der Waals surface area contributed by atoms with E-state index in [9.17, 15) is 0 Å². The van der Waals surface area contributed by atoms with Crippen LogP contribution < -0.4 is 0 Å². The Labute approximate surface area is 120 Å². The van der Waals surface area contributed by atoms with Gasteiger partial charge in [-0.2, -0.15) is 0 Å². The second kappa shape index (κ2) is 5.38. The molecule has 1 aromatic heterocycles. The average Bonchev–Trinajstić information content (AvgIpc) is 2.97. The van der Waals surface area contributed by atoms with Crippen molar-refractivity contribution in [2.45, 2.75) is 19.3 Å². The van der Waals surface area contributed by atoms with Crippen molar-refractivity contribution in [2.75, 3.05) is 0 Å². The molecular weight excluding hydrogens is 242 g/mol. The standard InChI is InChI=1S/C19H19N/c1-3-15-12-13-19(20-15)16(4-2)18-11-7-9-14-8-5-6-10-17(14)18/h4-13,16,20H,2-3H2,1H3. The molecule has 0 amide bonds. The van der Waals surface area contributed by atoms with E-state index in [1.807, 2.05) is 6.08 Å². The Morgan fingerprint density at radius 1 is 1.05 bits per heavy atom. The van der Waals surface area contributed by atoms with E-state index < -0.39 is 0 Å². The molecule has 2 aromatic carbocycles. The lowest BCUT2D eigenvalue weighted by Crippen LogP contribution is -1.99. The number of fused-ring (bicyclic) bond motifs is 1. The topological polar surface area (TPSA) is 15.8 Å². The molecule has 1 heteroatoms. The van der Waals surface area contributed by atoms with Crippen LogP contribution in [-0.4, -0.2) is 4.98 Å². The summed E-state index contributed by atoms with van der Waals surface area (Å²) in [5.41, 5.74) is 3.79. The van der Waals surface area contributed by atoms with Gasteiger partial charge in [-0.1, -0.05) is 55.5 Å². The van der Waals surface area contributed by atoms with Crippen molar-refractivity contribution in [3.05, 3.63) is 84.2 Å². The summed E-state index contributed by atoms with van der Waals surface area (Å²) in [6.07, 6.45) is 3.05. The summed E-state index contributed by atoms with van der Waals surface area (Å²) in [6, 6.07) is 19.3. The van der Waals surface area contributed by atoms with Crippen molar-refractivity contribution in [1.82, 2.24) is 4.98 Å². The maximum Gasteiger partial charge on any atom is 0.0424 e. The highest BCUT2D eigenvalue weighted by Gasteiger charge is 2.14. The number of hydrogen-bond donors (Lipinski definition) is 1. The normalized spacial score (nSPS) is 12.4. The summed E-state index contributed by atoms with van der Waals surface area (Å²) >= 11 is 0. The fourth-order valence-corrected chi connectivity index (χ4v) is 2.79. The van der Waals surface area contributed by atoms with Crippen LogP contribution in [0.1, 0.15) is 29.8 Å². The Morgan fingerprint density at radius 2 is 1.85 bits per heavy atom. The van der Waals surface area contributed by atoms with E-state index in [4.69, 9.17) is 0 Å². The third-order valence-corrected chi connectivity index (χ3v) is 3.88. The Morgan fingerprint density at radius 3 is 2.60 bits per heavy atom. The first-order valence-corrected chi connectivity index (χ1v) is 7.11. The highest BCUT2D eigenvalue weighted by atomic mass is 14.7. The molecule has 1 heterocycles. The van der Waals surface area contributed by atoms with Crippen LogP contribution in [0.25, 0.3) is 10.8 Å². The first-order valence-electron chi connectivity index (χ1n) is 7.11. The Balaban J connectivity index is 2.14. The molecule has 0 spiro atoms. The molecule has 20 heavy (non-hydrogen) atoms. The number of allylic oxidation sites excluding steroid dienone is 1. The summed E-state index contributed by atoms with van der Waals surface area (Å²) in [4.78, 5) is 3.51. The molecule has 0 saturated carbocycles. The monoisotopic (exact) mass is 261 g/mol. The Bertz CT molecular complexity index is 731. The van der Waals surface area contributed by atoms with Crippen molar-refractivity contribution in [3.8, 4) is 0 Å². The van der Waals surface area contributed by atoms with E-state index in [1.165, 1.54) is 27.7 Å². The predicted molar refractivity (Wildman–Crippen MR) is 86.2 cm³/mol. The first-order chi connectivity index (χ1) is 9.83. The largest absolute Gasteiger partial charge is 0.362 e. The SMILES string of the molecule is C=CC(c1ccc(CC)[nH]1)c1cccc2ccccc12. The molecule has 1 N–H and O–H groups in total. The number of aromatic amines is 1. The molecule has 1 atom stereocenters. The van der Waals surface area contributed by atoms with Gasteiger partial charge in [0, 0.05) is 17.3 Å². The van der Waals surface area contributed by atoms with E-state index in [2.05, 4.69) is 73.1 Å². The number of H-pyrrole nitrogens is 1. The van der Waals surface area contributed by atoms with Gasteiger partial charge in [-0.3, -0.25) is 0 Å². The molecule has 1 unspecified atom stereocenters. The molecule has 0 aliphatic carbocycles. The number of benzene rings is 2. The summed E-state index contributed by atoms with van der Waals surface area (Å²) in [5.74, 6) is 0.210. The van der Waals surface area contributed by atoms with E-state index >= 15 is 0 Å². The fourth-order valence-electron chi connectivity index (χ4n) is 2.79. The third kappa shape index (κ3) is 2.16. The number of rotatable bonds is 4. The minimum Gasteiger partial charge on any atom is -0.362 e. The summed E-state index contributed by atoms with van der Waals surface area (Å²) < 4.78 is 0. The second-order valence-electron chi connectivity index (χ2n) is 5.07. The summed E-state index contributed by atoms with van der Waals surface area (Å²) in [7, 11) is 0. The van der Waals surface area contributed by atoms with Crippen LogP contribution >= 0.6 is 0 Å². The van der Waals surface area contributed by atoms with Crippen molar-refractivity contribution >= 4 is 10.8 Å². The summed E-state index contributed by atoms with van der Waals surface area (Å²) in [6.45, 7) is 6.20. The zero-order valence-corrected chi connectivity index (χ0v) is 11.8. The van der Waals surface area contributed by atoms with E-state index in [-0.39, 0.29) is 5.92 Å². The van der Waals surface area contributed by atoms with E-state index in [0.717, 1.165) is 6.42 Å². The van der Waals surface area contributed by atoms with Crippen LogP contribution in [0.5, 0.6) is 0 Å². The van der Waals surface area contributed by atoms with Gasteiger partial charge >= 0.3 is 0 Å². The van der Waals surface area contributed by atoms with Gasteiger partial charge in [0.15, 0.2) is 0 Å². The number of aryl methyl sites for hydroxylation is 1. The van der Waals surface area contributed by atoms with Crippen LogP contribution in [0.15, 0.2) is 67.3 Å². The molecule has 3 rings (SSSR count). The van der Waals surface area contributed by atoms with Crippen LogP contribution in [0.2, 0.25) is 0 Å². The maximum absolute atomic E-state index is 4.04. The third-order valence-electron chi connectivity index (χ3n) is 3.88. The van der Waals surface area contributed by atoms with Gasteiger partial charge in [0.2, 0.25) is 0 Å². The molecule has 0 saturated heterocycles. The van der Waals surface area contributed by atoms with Gasteiger partial charge in [-0.25, -0.2) is 0 Å². The van der Waals surface area contributed by atoms with E-state index in [0.29, 0.717) is 0 Å². The van der Waals surface area contributed by atoms with Gasteiger partial charge in [0.05, 0.1) is 0 Å². The average molecular weight is 261 g/mol. The molecular formula is C19H19N. The van der Waals surface area contributed by atoms with E-state index in [1.54, 1.807) is 0 Å². The van der Waals surface area contributed by atoms with Gasteiger partial charge in [0.1, 0.15) is 0 Å². The number of aromatic nitrogens is 1. The van der Waals surface area contributed by atoms with Gasteiger partial charge in [-0.05, 0) is 34.9 Å². The fraction of sp³-hybridized carbons (Fsp3) is 0.158. The zero-order valence-electron chi connectivity index (χ0n) is 11.8. The van der Waals surface area contributed by atoms with Crippen molar-refractivity contribution in [1.29, 1.82) is 0 Å². The molecule has 0 aliphatic heterocycles. The number of nitrogens with one attached hydrogen (secondary N) is 1. The van der Waals surface area contributed by atoms with Crippen molar-refractivity contribution < 1.29 is 0 Å². The minimum absolute atomic E-state index is 0.210. The first kappa shape index (κ1) is 12.7. The highest BCUT2D eigenvalue weighted by Crippen LogP contribution is 2.31. The predicted octanol–water partition coefficient (Wildman–Crippen LogP) is 5.05. The molecule has 0 bridgehead atoms. The molecule has 0 fully saturated rings.